The third kappa shape index (κ3) is 4.31. The second-order valence-electron chi connectivity index (χ2n) is 5.73. The lowest BCUT2D eigenvalue weighted by atomic mass is 10.1. The van der Waals surface area contributed by atoms with Crippen LogP contribution in [0.15, 0.2) is 59.8 Å². The van der Waals surface area contributed by atoms with Crippen molar-refractivity contribution in [2.45, 2.75) is 19.3 Å². The Morgan fingerprint density at radius 1 is 1.09 bits per heavy atom. The van der Waals surface area contributed by atoms with Gasteiger partial charge in [-0.15, -0.1) is 0 Å². The van der Waals surface area contributed by atoms with Gasteiger partial charge >= 0.3 is 0 Å². The number of nitrogens with zero attached hydrogens (tertiary/aromatic N) is 1. The minimum atomic E-state index is -0.196. The van der Waals surface area contributed by atoms with E-state index in [4.69, 9.17) is 9.57 Å². The van der Waals surface area contributed by atoms with Crippen molar-refractivity contribution in [3.8, 4) is 5.75 Å². The van der Waals surface area contributed by atoms with Gasteiger partial charge in [-0.05, 0) is 49.1 Å². The van der Waals surface area contributed by atoms with Gasteiger partial charge in [-0.3, -0.25) is 0 Å². The van der Waals surface area contributed by atoms with Crippen molar-refractivity contribution in [2.24, 2.45) is 11.1 Å². The molecule has 1 aliphatic rings. The van der Waals surface area contributed by atoms with Gasteiger partial charge in [0.1, 0.15) is 18.2 Å². The molecule has 2 atom stereocenters. The zero-order valence-corrected chi connectivity index (χ0v) is 13.1. The van der Waals surface area contributed by atoms with Gasteiger partial charge in [-0.25, -0.2) is 4.39 Å². The summed E-state index contributed by atoms with van der Waals surface area (Å²) in [7, 11) is 0. The normalized spacial score (nSPS) is 20.2. The second kappa shape index (κ2) is 7.27. The summed E-state index contributed by atoms with van der Waals surface area (Å²) in [6.07, 6.45) is 1.05. The molecule has 0 aromatic heterocycles. The molecular formula is C19H20FNO2. The number of oxime groups is 1. The highest BCUT2D eigenvalue weighted by Gasteiger charge is 2.40. The van der Waals surface area contributed by atoms with Gasteiger partial charge in [-0.1, -0.05) is 35.5 Å². The summed E-state index contributed by atoms with van der Waals surface area (Å²) in [4.78, 5) is 5.32. The van der Waals surface area contributed by atoms with E-state index in [1.807, 2.05) is 49.4 Å². The van der Waals surface area contributed by atoms with Crippen LogP contribution < -0.4 is 4.74 Å². The van der Waals surface area contributed by atoms with E-state index in [9.17, 15) is 4.39 Å². The van der Waals surface area contributed by atoms with E-state index in [-0.39, 0.29) is 5.82 Å². The lowest BCUT2D eigenvalue weighted by Gasteiger charge is -2.05. The van der Waals surface area contributed by atoms with Crippen LogP contribution in [-0.2, 0) is 4.84 Å². The zero-order valence-electron chi connectivity index (χ0n) is 13.1. The fourth-order valence-corrected chi connectivity index (χ4v) is 2.66. The summed E-state index contributed by atoms with van der Waals surface area (Å²) in [5.41, 5.74) is 2.15. The molecular weight excluding hydrogens is 293 g/mol. The highest BCUT2D eigenvalue weighted by molar-refractivity contribution is 5.87. The van der Waals surface area contributed by atoms with E-state index >= 15 is 0 Å². The van der Waals surface area contributed by atoms with E-state index in [1.54, 1.807) is 0 Å². The maximum atomic E-state index is 12.9. The molecule has 1 saturated carbocycles. The lowest BCUT2D eigenvalue weighted by Crippen LogP contribution is -2.06. The van der Waals surface area contributed by atoms with Crippen LogP contribution in [0, 0.1) is 11.7 Å². The Bertz CT molecular complexity index is 655. The molecule has 3 rings (SSSR count). The molecule has 3 nitrogen and oxygen atoms in total. The minimum Gasteiger partial charge on any atom is -0.490 e. The topological polar surface area (TPSA) is 30.8 Å². The third-order valence-corrected chi connectivity index (χ3v) is 4.02. The predicted molar refractivity (Wildman–Crippen MR) is 88.2 cm³/mol. The first kappa shape index (κ1) is 15.5. The monoisotopic (exact) mass is 313 g/mol. The SMILES string of the molecule is CC(=NOCCOc1ccccc1)C1CC1c1ccc(F)cc1. The number of halogens is 1. The van der Waals surface area contributed by atoms with E-state index in [0.29, 0.717) is 25.0 Å². The van der Waals surface area contributed by atoms with E-state index in [1.165, 1.54) is 17.7 Å². The molecule has 0 radical (unpaired) electrons. The van der Waals surface area contributed by atoms with Crippen molar-refractivity contribution in [1.82, 2.24) is 0 Å². The van der Waals surface area contributed by atoms with Crippen molar-refractivity contribution >= 4 is 5.71 Å². The third-order valence-electron chi connectivity index (χ3n) is 4.02. The Balaban J connectivity index is 1.40. The van der Waals surface area contributed by atoms with Crippen LogP contribution >= 0.6 is 0 Å². The first-order valence-electron chi connectivity index (χ1n) is 7.84. The van der Waals surface area contributed by atoms with Crippen molar-refractivity contribution in [3.05, 3.63) is 66.0 Å². The first-order chi connectivity index (χ1) is 11.2. The molecule has 1 aliphatic carbocycles. The molecule has 0 N–H and O–H groups in total. The Labute approximate surface area is 135 Å². The van der Waals surface area contributed by atoms with Gasteiger partial charge in [0.2, 0.25) is 0 Å². The Hall–Kier alpha value is -2.36. The molecule has 2 aromatic rings. The molecule has 120 valence electrons. The molecule has 0 aliphatic heterocycles. The molecule has 0 saturated heterocycles. The van der Waals surface area contributed by atoms with Crippen LogP contribution in [0.3, 0.4) is 0 Å². The molecule has 23 heavy (non-hydrogen) atoms. The van der Waals surface area contributed by atoms with Gasteiger partial charge in [0.25, 0.3) is 0 Å². The van der Waals surface area contributed by atoms with Gasteiger partial charge < -0.3 is 9.57 Å². The molecule has 4 heteroatoms. The number of rotatable bonds is 7. The van der Waals surface area contributed by atoms with E-state index in [2.05, 4.69) is 5.16 Å². The van der Waals surface area contributed by atoms with Crippen LogP contribution in [-0.4, -0.2) is 18.9 Å². The Kier molecular flexibility index (Phi) is 4.91. The lowest BCUT2D eigenvalue weighted by molar-refractivity contribution is 0.106. The van der Waals surface area contributed by atoms with E-state index in [0.717, 1.165) is 17.9 Å². The largest absolute Gasteiger partial charge is 0.490 e. The molecule has 0 spiro atoms. The number of benzene rings is 2. The number of para-hydroxylation sites is 1. The molecule has 0 amide bonds. The number of hydrogen-bond acceptors (Lipinski definition) is 3. The molecule has 2 aromatic carbocycles. The Morgan fingerprint density at radius 2 is 1.83 bits per heavy atom. The van der Waals surface area contributed by atoms with Crippen molar-refractivity contribution in [1.29, 1.82) is 0 Å². The summed E-state index contributed by atoms with van der Waals surface area (Å²) >= 11 is 0. The molecule has 1 fully saturated rings. The van der Waals surface area contributed by atoms with Gasteiger partial charge in [0, 0.05) is 5.92 Å². The maximum absolute atomic E-state index is 12.9. The van der Waals surface area contributed by atoms with Gasteiger partial charge in [0.05, 0.1) is 5.71 Å². The van der Waals surface area contributed by atoms with Crippen LogP contribution in [0.4, 0.5) is 4.39 Å². The average molecular weight is 313 g/mol. The summed E-state index contributed by atoms with van der Waals surface area (Å²) in [5, 5.41) is 4.17. The standard InChI is InChI=1S/C19H20FNO2/c1-14(18-13-19(18)15-7-9-16(20)10-8-15)21-23-12-11-22-17-5-3-2-4-6-17/h2-10,18-19H,11-13H2,1H3. The summed E-state index contributed by atoms with van der Waals surface area (Å²) in [5.74, 6) is 1.47. The first-order valence-corrected chi connectivity index (χ1v) is 7.84. The predicted octanol–water partition coefficient (Wildman–Crippen LogP) is 4.40. The minimum absolute atomic E-state index is 0.196. The molecule has 0 bridgehead atoms. The summed E-state index contributed by atoms with van der Waals surface area (Å²) in [6.45, 7) is 2.86. The van der Waals surface area contributed by atoms with Gasteiger partial charge in [-0.2, -0.15) is 0 Å². The van der Waals surface area contributed by atoms with E-state index < -0.39 is 0 Å². The summed E-state index contributed by atoms with van der Waals surface area (Å²) in [6, 6.07) is 16.3. The van der Waals surface area contributed by atoms with Crippen molar-refractivity contribution in [2.75, 3.05) is 13.2 Å². The number of ether oxygens (including phenoxy) is 1. The fourth-order valence-electron chi connectivity index (χ4n) is 2.66. The smallest absolute Gasteiger partial charge is 0.151 e. The number of hydrogen-bond donors (Lipinski definition) is 0. The molecule has 0 heterocycles. The maximum Gasteiger partial charge on any atom is 0.151 e. The van der Waals surface area contributed by atoms with Crippen LogP contribution in [0.2, 0.25) is 0 Å². The summed E-state index contributed by atoms with van der Waals surface area (Å²) < 4.78 is 18.5. The van der Waals surface area contributed by atoms with Crippen molar-refractivity contribution in [3.63, 3.8) is 0 Å². The molecule has 2 unspecified atom stereocenters. The highest BCUT2D eigenvalue weighted by atomic mass is 19.1. The Morgan fingerprint density at radius 3 is 2.57 bits per heavy atom. The highest BCUT2D eigenvalue weighted by Crippen LogP contribution is 2.48. The van der Waals surface area contributed by atoms with Gasteiger partial charge in [0.15, 0.2) is 6.61 Å². The quantitative estimate of drug-likeness (QED) is 0.431. The van der Waals surface area contributed by atoms with Crippen molar-refractivity contribution < 1.29 is 14.0 Å². The van der Waals surface area contributed by atoms with Crippen LogP contribution in [0.5, 0.6) is 5.75 Å². The fraction of sp³-hybridized carbons (Fsp3) is 0.316. The second-order valence-corrected chi connectivity index (χ2v) is 5.73. The van der Waals surface area contributed by atoms with Crippen LogP contribution in [0.25, 0.3) is 0 Å². The zero-order chi connectivity index (χ0) is 16.1. The average Bonchev–Trinajstić information content (AvgIpc) is 3.37. The van der Waals surface area contributed by atoms with Crippen LogP contribution in [0.1, 0.15) is 24.8 Å².